The maximum absolute atomic E-state index is 11.5. The van der Waals surface area contributed by atoms with Crippen LogP contribution in [0, 0.1) is 0 Å². The Balaban J connectivity index is 2.16. The highest BCUT2D eigenvalue weighted by Gasteiger charge is 2.43. The van der Waals surface area contributed by atoms with Crippen molar-refractivity contribution in [2.24, 2.45) is 0 Å². The molecular weight excluding hydrogens is 172 g/mol. The first-order valence-electron chi connectivity index (χ1n) is 4.40. The standard InChI is InChI=1S/C8H12N2O3/c11-6-5-9-7(12)8(10-6)1-3-13-4-2-8/h1-5H2,(H,9,12)(H,10,11). The van der Waals surface area contributed by atoms with Gasteiger partial charge in [-0.1, -0.05) is 0 Å². The van der Waals surface area contributed by atoms with Crippen LogP contribution >= 0.6 is 0 Å². The zero-order valence-corrected chi connectivity index (χ0v) is 7.26. The predicted molar refractivity (Wildman–Crippen MR) is 43.9 cm³/mol. The van der Waals surface area contributed by atoms with E-state index in [0.717, 1.165) is 0 Å². The second-order valence-electron chi connectivity index (χ2n) is 3.43. The van der Waals surface area contributed by atoms with Gasteiger partial charge in [-0.3, -0.25) is 9.59 Å². The van der Waals surface area contributed by atoms with Crippen LogP contribution in [0.5, 0.6) is 0 Å². The molecule has 0 aliphatic carbocycles. The number of rotatable bonds is 0. The Morgan fingerprint density at radius 1 is 1.23 bits per heavy atom. The molecule has 1 spiro atoms. The maximum atomic E-state index is 11.5. The molecule has 2 saturated heterocycles. The first-order chi connectivity index (χ1) is 6.23. The van der Waals surface area contributed by atoms with Gasteiger partial charge in [0.05, 0.1) is 6.54 Å². The number of ether oxygens (including phenoxy) is 1. The lowest BCUT2D eigenvalue weighted by Gasteiger charge is -2.39. The largest absolute Gasteiger partial charge is 0.381 e. The third kappa shape index (κ3) is 1.39. The van der Waals surface area contributed by atoms with Crippen molar-refractivity contribution in [3.63, 3.8) is 0 Å². The van der Waals surface area contributed by atoms with Crippen molar-refractivity contribution in [3.05, 3.63) is 0 Å². The van der Waals surface area contributed by atoms with Crippen LogP contribution in [0.2, 0.25) is 0 Å². The number of carbonyl (C=O) groups excluding carboxylic acids is 2. The zero-order valence-electron chi connectivity index (χ0n) is 7.26. The number of hydrogen-bond acceptors (Lipinski definition) is 3. The third-order valence-electron chi connectivity index (χ3n) is 2.57. The third-order valence-corrected chi connectivity index (χ3v) is 2.57. The number of amides is 2. The summed E-state index contributed by atoms with van der Waals surface area (Å²) in [5.74, 6) is -0.183. The average molecular weight is 184 g/mol. The molecule has 2 heterocycles. The molecule has 0 aromatic rings. The first-order valence-corrected chi connectivity index (χ1v) is 4.40. The van der Waals surface area contributed by atoms with Crippen LogP contribution in [-0.4, -0.2) is 37.1 Å². The average Bonchev–Trinajstić information content (AvgIpc) is 2.14. The van der Waals surface area contributed by atoms with Crippen LogP contribution in [-0.2, 0) is 14.3 Å². The molecule has 5 heteroatoms. The van der Waals surface area contributed by atoms with Crippen LogP contribution in [0.25, 0.3) is 0 Å². The summed E-state index contributed by atoms with van der Waals surface area (Å²) in [6.07, 6.45) is 1.15. The summed E-state index contributed by atoms with van der Waals surface area (Å²) in [7, 11) is 0. The van der Waals surface area contributed by atoms with Gasteiger partial charge in [0.2, 0.25) is 11.8 Å². The highest BCUT2D eigenvalue weighted by Crippen LogP contribution is 2.22. The van der Waals surface area contributed by atoms with Gasteiger partial charge in [-0.15, -0.1) is 0 Å². The molecule has 13 heavy (non-hydrogen) atoms. The highest BCUT2D eigenvalue weighted by atomic mass is 16.5. The summed E-state index contributed by atoms with van der Waals surface area (Å²) in [4.78, 5) is 22.7. The van der Waals surface area contributed by atoms with Crippen LogP contribution in [0.15, 0.2) is 0 Å². The van der Waals surface area contributed by atoms with E-state index in [1.807, 2.05) is 0 Å². The SMILES string of the molecule is O=C1CNC(=O)C2(CCOCC2)N1. The topological polar surface area (TPSA) is 67.4 Å². The van der Waals surface area contributed by atoms with E-state index >= 15 is 0 Å². The lowest BCUT2D eigenvalue weighted by Crippen LogP contribution is -2.67. The highest BCUT2D eigenvalue weighted by molar-refractivity contribution is 5.97. The van der Waals surface area contributed by atoms with E-state index in [-0.39, 0.29) is 18.4 Å². The van der Waals surface area contributed by atoms with Gasteiger partial charge in [0.15, 0.2) is 0 Å². The van der Waals surface area contributed by atoms with Crippen molar-refractivity contribution < 1.29 is 14.3 Å². The molecule has 0 radical (unpaired) electrons. The fraction of sp³-hybridized carbons (Fsp3) is 0.750. The van der Waals surface area contributed by atoms with Gasteiger partial charge >= 0.3 is 0 Å². The van der Waals surface area contributed by atoms with Gasteiger partial charge in [0, 0.05) is 26.1 Å². The van der Waals surface area contributed by atoms with Crippen molar-refractivity contribution in [3.8, 4) is 0 Å². The van der Waals surface area contributed by atoms with Crippen molar-refractivity contribution in [2.75, 3.05) is 19.8 Å². The van der Waals surface area contributed by atoms with E-state index in [4.69, 9.17) is 4.74 Å². The summed E-state index contributed by atoms with van der Waals surface area (Å²) in [5.41, 5.74) is -0.687. The summed E-state index contributed by atoms with van der Waals surface area (Å²) >= 11 is 0. The molecule has 5 nitrogen and oxygen atoms in total. The molecule has 0 bridgehead atoms. The van der Waals surface area contributed by atoms with Crippen molar-refractivity contribution in [2.45, 2.75) is 18.4 Å². The Morgan fingerprint density at radius 2 is 1.92 bits per heavy atom. The molecule has 72 valence electrons. The molecule has 2 amide bonds. The molecule has 2 N–H and O–H groups in total. The van der Waals surface area contributed by atoms with Crippen molar-refractivity contribution in [1.29, 1.82) is 0 Å². The van der Waals surface area contributed by atoms with E-state index in [9.17, 15) is 9.59 Å². The molecule has 0 unspecified atom stereocenters. The lowest BCUT2D eigenvalue weighted by molar-refractivity contribution is -0.142. The van der Waals surface area contributed by atoms with E-state index in [1.165, 1.54) is 0 Å². The second kappa shape index (κ2) is 2.99. The van der Waals surface area contributed by atoms with Crippen molar-refractivity contribution >= 4 is 11.8 Å². The van der Waals surface area contributed by atoms with Gasteiger partial charge in [-0.25, -0.2) is 0 Å². The van der Waals surface area contributed by atoms with Crippen LogP contribution in [0.3, 0.4) is 0 Å². The monoisotopic (exact) mass is 184 g/mol. The Labute approximate surface area is 75.8 Å². The number of piperazine rings is 1. The molecule has 0 atom stereocenters. The zero-order chi connectivity index (χ0) is 9.31. The van der Waals surface area contributed by atoms with Gasteiger partial charge in [-0.05, 0) is 0 Å². The molecular formula is C8H12N2O3. The molecule has 2 aliphatic heterocycles. The number of carbonyl (C=O) groups is 2. The first kappa shape index (κ1) is 8.50. The van der Waals surface area contributed by atoms with E-state index in [0.29, 0.717) is 26.1 Å². The minimum Gasteiger partial charge on any atom is -0.381 e. The Morgan fingerprint density at radius 3 is 2.62 bits per heavy atom. The summed E-state index contributed by atoms with van der Waals surface area (Å²) in [6.45, 7) is 1.17. The van der Waals surface area contributed by atoms with E-state index in [1.54, 1.807) is 0 Å². The number of nitrogens with one attached hydrogen (secondary N) is 2. The fourth-order valence-corrected chi connectivity index (χ4v) is 1.77. The predicted octanol–water partition coefficient (Wildman–Crippen LogP) is -1.22. The molecule has 0 saturated carbocycles. The van der Waals surface area contributed by atoms with Crippen LogP contribution in [0.4, 0.5) is 0 Å². The van der Waals surface area contributed by atoms with Crippen molar-refractivity contribution in [1.82, 2.24) is 10.6 Å². The Kier molecular flexibility index (Phi) is 1.95. The lowest BCUT2D eigenvalue weighted by atomic mass is 9.87. The van der Waals surface area contributed by atoms with Gasteiger partial charge in [0.25, 0.3) is 0 Å². The van der Waals surface area contributed by atoms with Gasteiger partial charge < -0.3 is 15.4 Å². The summed E-state index contributed by atoms with van der Waals surface area (Å²) in [5, 5.41) is 5.34. The Bertz CT molecular complexity index is 246. The normalized spacial score (nSPS) is 26.8. The minimum absolute atomic E-state index is 0.0737. The number of hydrogen-bond donors (Lipinski definition) is 2. The molecule has 2 rings (SSSR count). The smallest absolute Gasteiger partial charge is 0.246 e. The van der Waals surface area contributed by atoms with Gasteiger partial charge in [-0.2, -0.15) is 0 Å². The van der Waals surface area contributed by atoms with E-state index < -0.39 is 5.54 Å². The molecule has 0 aromatic heterocycles. The van der Waals surface area contributed by atoms with Gasteiger partial charge in [0.1, 0.15) is 5.54 Å². The fourth-order valence-electron chi connectivity index (χ4n) is 1.77. The molecule has 2 aliphatic rings. The second-order valence-corrected chi connectivity index (χ2v) is 3.43. The quantitative estimate of drug-likeness (QED) is 0.496. The summed E-state index contributed by atoms with van der Waals surface area (Å²) < 4.78 is 5.15. The molecule has 2 fully saturated rings. The molecule has 0 aromatic carbocycles. The maximum Gasteiger partial charge on any atom is 0.246 e. The van der Waals surface area contributed by atoms with E-state index in [2.05, 4.69) is 10.6 Å². The summed E-state index contributed by atoms with van der Waals surface area (Å²) in [6, 6.07) is 0. The Hall–Kier alpha value is -1.10. The van der Waals surface area contributed by atoms with Crippen LogP contribution < -0.4 is 10.6 Å². The minimum atomic E-state index is -0.687. The van der Waals surface area contributed by atoms with Crippen LogP contribution in [0.1, 0.15) is 12.8 Å².